The van der Waals surface area contributed by atoms with Gasteiger partial charge in [-0.05, 0) is 45.9 Å². The quantitative estimate of drug-likeness (QED) is 0.673. The third kappa shape index (κ3) is 4.32. The van der Waals surface area contributed by atoms with Crippen LogP contribution in [0.1, 0.15) is 38.1 Å². The van der Waals surface area contributed by atoms with Crippen LogP contribution in [0.4, 0.5) is 0 Å². The summed E-state index contributed by atoms with van der Waals surface area (Å²) in [5.41, 5.74) is 0.304. The van der Waals surface area contributed by atoms with Gasteiger partial charge in [0.05, 0.1) is 24.1 Å². The number of amides is 1. The Kier molecular flexibility index (Phi) is 7.57. The summed E-state index contributed by atoms with van der Waals surface area (Å²) in [5, 5.41) is 0.603. The van der Waals surface area contributed by atoms with Crippen molar-refractivity contribution in [3.05, 3.63) is 28.8 Å². The van der Waals surface area contributed by atoms with Crippen molar-refractivity contribution >= 4 is 30.4 Å². The Hall–Kier alpha value is -0.870. The van der Waals surface area contributed by atoms with Crippen molar-refractivity contribution in [3.63, 3.8) is 0 Å². The Morgan fingerprint density at radius 1 is 1.14 bits per heavy atom. The van der Waals surface area contributed by atoms with Gasteiger partial charge in [-0.2, -0.15) is 0 Å². The maximum absolute atomic E-state index is 13.0. The van der Waals surface area contributed by atoms with Gasteiger partial charge in [-0.3, -0.25) is 9.36 Å². The summed E-state index contributed by atoms with van der Waals surface area (Å²) >= 11 is 6.02. The number of rotatable bonds is 8. The van der Waals surface area contributed by atoms with Crippen LogP contribution in [0, 0.1) is 0 Å². The third-order valence-corrected chi connectivity index (χ3v) is 5.53. The summed E-state index contributed by atoms with van der Waals surface area (Å²) in [6.07, 6.45) is 0. The molecule has 22 heavy (non-hydrogen) atoms. The van der Waals surface area contributed by atoms with Gasteiger partial charge in [0.15, 0.2) is 0 Å². The van der Waals surface area contributed by atoms with E-state index in [1.54, 1.807) is 30.9 Å². The van der Waals surface area contributed by atoms with Crippen molar-refractivity contribution in [1.29, 1.82) is 0 Å². The molecule has 1 rings (SSSR count). The molecule has 0 aliphatic heterocycles. The van der Waals surface area contributed by atoms with Crippen LogP contribution in [0.15, 0.2) is 18.2 Å². The highest BCUT2D eigenvalue weighted by atomic mass is 35.5. The van der Waals surface area contributed by atoms with Crippen LogP contribution in [0.3, 0.4) is 0 Å². The van der Waals surface area contributed by atoms with Crippen molar-refractivity contribution in [2.75, 3.05) is 26.3 Å². The summed E-state index contributed by atoms with van der Waals surface area (Å²) in [7, 11) is -3.58. The number of benzene rings is 1. The first-order chi connectivity index (χ1) is 10.4. The normalized spacial score (nSPS) is 11.5. The van der Waals surface area contributed by atoms with E-state index in [4.69, 9.17) is 20.6 Å². The van der Waals surface area contributed by atoms with Gasteiger partial charge in [0.2, 0.25) is 0 Å². The minimum atomic E-state index is -3.58. The number of nitrogens with zero attached hydrogens (tertiary/aromatic N) is 1. The topological polar surface area (TPSA) is 55.8 Å². The molecule has 0 aliphatic rings. The van der Waals surface area contributed by atoms with Gasteiger partial charge in [-0.15, -0.1) is 0 Å². The molecule has 1 aromatic carbocycles. The van der Waals surface area contributed by atoms with Crippen molar-refractivity contribution in [3.8, 4) is 0 Å². The number of hydrogen-bond acceptors (Lipinski definition) is 4. The molecule has 1 amide bonds. The molecule has 0 fully saturated rings. The molecule has 0 heterocycles. The largest absolute Gasteiger partial charge is 0.362 e. The number of halogens is 1. The van der Waals surface area contributed by atoms with Crippen LogP contribution in [-0.4, -0.2) is 37.1 Å². The average molecular weight is 348 g/mol. The Balaban J connectivity index is 3.42. The number of hydrogen-bond donors (Lipinski definition) is 0. The zero-order chi connectivity index (χ0) is 16.8. The van der Waals surface area contributed by atoms with Crippen molar-refractivity contribution in [2.24, 2.45) is 0 Å². The van der Waals surface area contributed by atoms with Gasteiger partial charge in [0.25, 0.3) is 5.91 Å². The predicted octanol–water partition coefficient (Wildman–Crippen LogP) is 3.71. The van der Waals surface area contributed by atoms with Gasteiger partial charge in [0, 0.05) is 18.1 Å². The van der Waals surface area contributed by atoms with E-state index in [0.717, 1.165) is 0 Å². The Morgan fingerprint density at radius 2 is 1.68 bits per heavy atom. The fourth-order valence-electron chi connectivity index (χ4n) is 2.11. The van der Waals surface area contributed by atoms with Crippen molar-refractivity contribution in [2.45, 2.75) is 27.7 Å². The number of carbonyl (C=O) groups is 1. The van der Waals surface area contributed by atoms with Crippen LogP contribution in [0.2, 0.25) is 5.02 Å². The van der Waals surface area contributed by atoms with E-state index in [-0.39, 0.29) is 24.4 Å². The molecule has 0 unspecified atom stereocenters. The molecule has 1 aromatic rings. The fraction of sp³-hybridized carbons (Fsp3) is 0.533. The van der Waals surface area contributed by atoms with E-state index in [1.165, 1.54) is 6.07 Å². The lowest BCUT2D eigenvalue weighted by molar-refractivity contribution is 0.0773. The molecule has 0 N–H and O–H groups in total. The van der Waals surface area contributed by atoms with E-state index in [2.05, 4.69) is 0 Å². The second kappa shape index (κ2) is 8.68. The predicted molar refractivity (Wildman–Crippen MR) is 89.2 cm³/mol. The molecular formula is C15H23ClNO4P. The second-order valence-electron chi connectivity index (χ2n) is 4.47. The molecular weight excluding hydrogens is 325 g/mol. The second-order valence-corrected chi connectivity index (χ2v) is 6.90. The zero-order valence-corrected chi connectivity index (χ0v) is 15.1. The molecule has 124 valence electrons. The Morgan fingerprint density at radius 3 is 2.14 bits per heavy atom. The van der Waals surface area contributed by atoms with Gasteiger partial charge in [-0.1, -0.05) is 11.6 Å². The smallest absolute Gasteiger partial charge is 0.339 e. The standard InChI is InChI=1S/C15H23ClNO4P/c1-5-17(6-2)15(18)13-10-9-12(16)11-14(13)22(19,20-7-3)21-8-4/h9-11H,5-8H2,1-4H3. The molecule has 5 nitrogen and oxygen atoms in total. The van der Waals surface area contributed by atoms with Gasteiger partial charge in [-0.25, -0.2) is 0 Å². The van der Waals surface area contributed by atoms with Gasteiger partial charge >= 0.3 is 7.60 Å². The minimum Gasteiger partial charge on any atom is -0.339 e. The summed E-state index contributed by atoms with van der Waals surface area (Å²) in [6, 6.07) is 4.66. The zero-order valence-electron chi connectivity index (χ0n) is 13.5. The molecule has 7 heteroatoms. The van der Waals surface area contributed by atoms with Crippen LogP contribution in [0.5, 0.6) is 0 Å². The van der Waals surface area contributed by atoms with Crippen LogP contribution >= 0.6 is 19.2 Å². The third-order valence-electron chi connectivity index (χ3n) is 3.13. The number of carbonyl (C=O) groups excluding carboxylic acids is 1. The summed E-state index contributed by atoms with van der Waals surface area (Å²) in [6.45, 7) is 8.77. The lowest BCUT2D eigenvalue weighted by atomic mass is 10.2. The molecule has 0 saturated carbocycles. The minimum absolute atomic E-state index is 0.211. The van der Waals surface area contributed by atoms with Crippen molar-refractivity contribution in [1.82, 2.24) is 4.90 Å². The monoisotopic (exact) mass is 347 g/mol. The van der Waals surface area contributed by atoms with E-state index < -0.39 is 7.60 Å². The molecule has 0 saturated heterocycles. The molecule has 0 spiro atoms. The average Bonchev–Trinajstić information content (AvgIpc) is 2.48. The Bertz CT molecular complexity index is 550. The van der Waals surface area contributed by atoms with E-state index in [1.807, 2.05) is 13.8 Å². The van der Waals surface area contributed by atoms with Gasteiger partial charge in [0.1, 0.15) is 0 Å². The summed E-state index contributed by atoms with van der Waals surface area (Å²) in [4.78, 5) is 14.3. The van der Waals surface area contributed by atoms with E-state index in [0.29, 0.717) is 23.7 Å². The van der Waals surface area contributed by atoms with Crippen LogP contribution in [-0.2, 0) is 13.6 Å². The van der Waals surface area contributed by atoms with Gasteiger partial charge < -0.3 is 13.9 Å². The Labute approximate surface area is 137 Å². The summed E-state index contributed by atoms with van der Waals surface area (Å²) in [5.74, 6) is -0.212. The lowest BCUT2D eigenvalue weighted by Gasteiger charge is -2.23. The first-order valence-corrected chi connectivity index (χ1v) is 9.33. The van der Waals surface area contributed by atoms with Crippen LogP contribution in [0.25, 0.3) is 0 Å². The molecule has 0 aliphatic carbocycles. The van der Waals surface area contributed by atoms with E-state index >= 15 is 0 Å². The van der Waals surface area contributed by atoms with Crippen molar-refractivity contribution < 1.29 is 18.4 Å². The first-order valence-electron chi connectivity index (χ1n) is 7.41. The fourth-order valence-corrected chi connectivity index (χ4v) is 4.15. The lowest BCUT2D eigenvalue weighted by Crippen LogP contribution is -2.34. The maximum atomic E-state index is 13.0. The maximum Gasteiger partial charge on any atom is 0.362 e. The first kappa shape index (κ1) is 19.2. The highest BCUT2D eigenvalue weighted by Gasteiger charge is 2.33. The SMILES string of the molecule is CCOP(=O)(OCC)c1cc(Cl)ccc1C(=O)N(CC)CC. The van der Waals surface area contributed by atoms with Crippen LogP contribution < -0.4 is 5.30 Å². The molecule has 0 bridgehead atoms. The molecule has 0 atom stereocenters. The van der Waals surface area contributed by atoms with E-state index in [9.17, 15) is 9.36 Å². The highest BCUT2D eigenvalue weighted by molar-refractivity contribution is 7.62. The molecule has 0 aromatic heterocycles. The summed E-state index contributed by atoms with van der Waals surface area (Å²) < 4.78 is 23.7. The highest BCUT2D eigenvalue weighted by Crippen LogP contribution is 2.48. The molecule has 0 radical (unpaired) electrons.